The van der Waals surface area contributed by atoms with E-state index >= 15 is 0 Å². The quantitative estimate of drug-likeness (QED) is 0.652. The number of nitro groups is 1. The van der Waals surface area contributed by atoms with Gasteiger partial charge in [-0.05, 0) is 30.9 Å². The largest absolute Gasteiger partial charge is 0.324 e. The summed E-state index contributed by atoms with van der Waals surface area (Å²) in [5.41, 5.74) is 0. The van der Waals surface area contributed by atoms with Crippen LogP contribution in [0.5, 0.6) is 0 Å². The molecule has 1 atom stereocenters. The van der Waals surface area contributed by atoms with Crippen molar-refractivity contribution in [1.82, 2.24) is 5.32 Å². The van der Waals surface area contributed by atoms with Crippen molar-refractivity contribution in [2.75, 3.05) is 0 Å². The molecule has 0 saturated heterocycles. The van der Waals surface area contributed by atoms with Gasteiger partial charge in [-0.25, -0.2) is 0 Å². The third kappa shape index (κ3) is 3.63. The first-order chi connectivity index (χ1) is 8.65. The predicted molar refractivity (Wildman–Crippen MR) is 75.3 cm³/mol. The fourth-order valence-electron chi connectivity index (χ4n) is 1.64. The van der Waals surface area contributed by atoms with Crippen LogP contribution in [-0.2, 0) is 13.0 Å². The SMILES string of the molecule is CC(Cc1cccs1)NCc1ccc([N+](=O)[O-])s1. The second kappa shape index (κ2) is 6.08. The zero-order valence-electron chi connectivity index (χ0n) is 9.96. The lowest BCUT2D eigenvalue weighted by Crippen LogP contribution is -2.26. The zero-order valence-corrected chi connectivity index (χ0v) is 11.6. The highest BCUT2D eigenvalue weighted by atomic mass is 32.1. The van der Waals surface area contributed by atoms with Crippen LogP contribution >= 0.6 is 22.7 Å². The molecule has 2 heterocycles. The first-order valence-electron chi connectivity index (χ1n) is 5.64. The van der Waals surface area contributed by atoms with Crippen LogP contribution in [0.25, 0.3) is 0 Å². The van der Waals surface area contributed by atoms with Crippen molar-refractivity contribution in [2.24, 2.45) is 0 Å². The molecule has 0 amide bonds. The molecule has 0 aliphatic rings. The summed E-state index contributed by atoms with van der Waals surface area (Å²) in [4.78, 5) is 12.6. The Labute approximate surface area is 113 Å². The summed E-state index contributed by atoms with van der Waals surface area (Å²) in [6.45, 7) is 2.81. The molecule has 0 aliphatic heterocycles. The minimum atomic E-state index is -0.344. The van der Waals surface area contributed by atoms with Crippen LogP contribution in [0.4, 0.5) is 5.00 Å². The number of rotatable bonds is 6. The number of thiophene rings is 2. The molecule has 1 unspecified atom stereocenters. The van der Waals surface area contributed by atoms with Crippen LogP contribution < -0.4 is 5.32 Å². The van der Waals surface area contributed by atoms with Crippen molar-refractivity contribution in [1.29, 1.82) is 0 Å². The van der Waals surface area contributed by atoms with Gasteiger partial charge in [0.2, 0.25) is 0 Å². The summed E-state index contributed by atoms with van der Waals surface area (Å²) >= 11 is 2.99. The predicted octanol–water partition coefficient (Wildman–Crippen LogP) is 3.44. The van der Waals surface area contributed by atoms with Crippen LogP contribution in [-0.4, -0.2) is 11.0 Å². The lowest BCUT2D eigenvalue weighted by atomic mass is 10.2. The van der Waals surface area contributed by atoms with Crippen molar-refractivity contribution in [3.05, 3.63) is 49.5 Å². The van der Waals surface area contributed by atoms with E-state index in [-0.39, 0.29) is 9.92 Å². The van der Waals surface area contributed by atoms with Gasteiger partial charge in [-0.3, -0.25) is 10.1 Å². The summed E-state index contributed by atoms with van der Waals surface area (Å²) in [7, 11) is 0. The Bertz CT molecular complexity index is 508. The van der Waals surface area contributed by atoms with E-state index in [4.69, 9.17) is 0 Å². The van der Waals surface area contributed by atoms with Crippen LogP contribution in [0.1, 0.15) is 16.7 Å². The molecule has 0 saturated carbocycles. The van der Waals surface area contributed by atoms with E-state index in [1.165, 1.54) is 16.2 Å². The van der Waals surface area contributed by atoms with Gasteiger partial charge in [-0.15, -0.1) is 11.3 Å². The normalized spacial score (nSPS) is 12.5. The topological polar surface area (TPSA) is 55.2 Å². The van der Waals surface area contributed by atoms with Gasteiger partial charge in [0, 0.05) is 28.4 Å². The molecule has 0 radical (unpaired) electrons. The smallest absolute Gasteiger partial charge is 0.309 e. The molecule has 0 spiro atoms. The average molecular weight is 282 g/mol. The molecule has 2 aromatic heterocycles. The first-order valence-corrected chi connectivity index (χ1v) is 7.33. The summed E-state index contributed by atoms with van der Waals surface area (Å²) in [5, 5.41) is 16.2. The van der Waals surface area contributed by atoms with Crippen LogP contribution in [0.15, 0.2) is 29.6 Å². The van der Waals surface area contributed by atoms with Crippen molar-refractivity contribution in [3.63, 3.8) is 0 Å². The molecule has 0 bridgehead atoms. The van der Waals surface area contributed by atoms with E-state index in [0.717, 1.165) is 11.3 Å². The fourth-order valence-corrected chi connectivity index (χ4v) is 3.24. The average Bonchev–Trinajstić information content (AvgIpc) is 2.96. The Balaban J connectivity index is 1.81. The number of hydrogen-bond donors (Lipinski definition) is 1. The molecular weight excluding hydrogens is 268 g/mol. The molecule has 96 valence electrons. The van der Waals surface area contributed by atoms with Gasteiger partial charge in [0.05, 0.1) is 4.92 Å². The van der Waals surface area contributed by atoms with Crippen molar-refractivity contribution in [3.8, 4) is 0 Å². The van der Waals surface area contributed by atoms with Crippen LogP contribution in [0.3, 0.4) is 0 Å². The molecule has 0 aromatic carbocycles. The Morgan fingerprint density at radius 2 is 2.22 bits per heavy atom. The molecule has 18 heavy (non-hydrogen) atoms. The summed E-state index contributed by atoms with van der Waals surface area (Å²) < 4.78 is 0. The molecule has 4 nitrogen and oxygen atoms in total. The van der Waals surface area contributed by atoms with E-state index in [1.54, 1.807) is 17.4 Å². The highest BCUT2D eigenvalue weighted by Gasteiger charge is 2.10. The molecule has 2 aromatic rings. The molecule has 0 fully saturated rings. The maximum absolute atomic E-state index is 10.6. The Morgan fingerprint density at radius 3 is 2.83 bits per heavy atom. The first kappa shape index (κ1) is 13.2. The van der Waals surface area contributed by atoms with E-state index < -0.39 is 0 Å². The highest BCUT2D eigenvalue weighted by molar-refractivity contribution is 7.15. The number of hydrogen-bond acceptors (Lipinski definition) is 5. The van der Waals surface area contributed by atoms with Gasteiger partial charge in [0.15, 0.2) is 0 Å². The third-order valence-electron chi connectivity index (χ3n) is 2.54. The molecule has 0 aliphatic carbocycles. The monoisotopic (exact) mass is 282 g/mol. The maximum atomic E-state index is 10.6. The lowest BCUT2D eigenvalue weighted by Gasteiger charge is -2.11. The van der Waals surface area contributed by atoms with Gasteiger partial charge in [-0.2, -0.15) is 0 Å². The Kier molecular flexibility index (Phi) is 4.46. The van der Waals surface area contributed by atoms with Crippen molar-refractivity contribution < 1.29 is 4.92 Å². The van der Waals surface area contributed by atoms with E-state index in [1.807, 2.05) is 6.07 Å². The maximum Gasteiger partial charge on any atom is 0.324 e. The Hall–Kier alpha value is -1.24. The fraction of sp³-hybridized carbons (Fsp3) is 0.333. The minimum Gasteiger partial charge on any atom is -0.309 e. The van der Waals surface area contributed by atoms with E-state index in [2.05, 4.69) is 29.8 Å². The van der Waals surface area contributed by atoms with Crippen LogP contribution in [0.2, 0.25) is 0 Å². The highest BCUT2D eigenvalue weighted by Crippen LogP contribution is 2.23. The number of nitrogens with zero attached hydrogens (tertiary/aromatic N) is 1. The van der Waals surface area contributed by atoms with Gasteiger partial charge >= 0.3 is 5.00 Å². The lowest BCUT2D eigenvalue weighted by molar-refractivity contribution is -0.380. The summed E-state index contributed by atoms with van der Waals surface area (Å²) in [5.74, 6) is 0. The minimum absolute atomic E-state index is 0.206. The molecular formula is C12H14N2O2S2. The zero-order chi connectivity index (χ0) is 13.0. The van der Waals surface area contributed by atoms with Gasteiger partial charge in [-0.1, -0.05) is 17.4 Å². The third-order valence-corrected chi connectivity index (χ3v) is 4.48. The molecule has 6 heteroatoms. The summed E-state index contributed by atoms with van der Waals surface area (Å²) in [6.07, 6.45) is 0.991. The van der Waals surface area contributed by atoms with Crippen molar-refractivity contribution >= 4 is 27.7 Å². The van der Waals surface area contributed by atoms with Crippen LogP contribution in [0, 0.1) is 10.1 Å². The van der Waals surface area contributed by atoms with E-state index in [0.29, 0.717) is 12.6 Å². The number of nitrogens with one attached hydrogen (secondary N) is 1. The van der Waals surface area contributed by atoms with Gasteiger partial charge < -0.3 is 5.32 Å². The van der Waals surface area contributed by atoms with Gasteiger partial charge in [0.25, 0.3) is 0 Å². The molecule has 2 rings (SSSR count). The standard InChI is InChI=1S/C12H14N2O2S2/c1-9(7-10-3-2-6-17-10)13-8-11-4-5-12(18-11)14(15)16/h2-6,9,13H,7-8H2,1H3. The van der Waals surface area contributed by atoms with Gasteiger partial charge in [0.1, 0.15) is 0 Å². The van der Waals surface area contributed by atoms with Crippen molar-refractivity contribution in [2.45, 2.75) is 25.9 Å². The molecule has 1 N–H and O–H groups in total. The van der Waals surface area contributed by atoms with E-state index in [9.17, 15) is 10.1 Å². The summed E-state index contributed by atoms with van der Waals surface area (Å²) in [6, 6.07) is 7.91. The second-order valence-corrected chi connectivity index (χ2v) is 6.24. The second-order valence-electron chi connectivity index (χ2n) is 4.06. The Morgan fingerprint density at radius 1 is 1.39 bits per heavy atom.